The summed E-state index contributed by atoms with van der Waals surface area (Å²) in [6, 6.07) is 0. The van der Waals surface area contributed by atoms with Gasteiger partial charge in [-0.1, -0.05) is 32.9 Å². The van der Waals surface area contributed by atoms with Gasteiger partial charge in [-0.15, -0.1) is 5.10 Å². The van der Waals surface area contributed by atoms with Crippen LogP contribution in [0.4, 0.5) is 0 Å². The first-order chi connectivity index (χ1) is 7.99. The van der Waals surface area contributed by atoms with Crippen molar-refractivity contribution < 1.29 is 4.79 Å². The SMILES string of the molecule is CC(C)CCn1cc(CNC(=O)C(C)C)nn1. The number of nitrogens with one attached hydrogen (secondary N) is 1. The van der Waals surface area contributed by atoms with Crippen molar-refractivity contribution in [1.29, 1.82) is 0 Å². The lowest BCUT2D eigenvalue weighted by atomic mass is 10.1. The first-order valence-corrected chi connectivity index (χ1v) is 6.15. The van der Waals surface area contributed by atoms with Crippen LogP contribution in [0, 0.1) is 11.8 Å². The molecule has 0 aliphatic carbocycles. The molecule has 1 N–H and O–H groups in total. The van der Waals surface area contributed by atoms with Crippen LogP contribution in [0.5, 0.6) is 0 Å². The van der Waals surface area contributed by atoms with Gasteiger partial charge in [-0.3, -0.25) is 9.48 Å². The van der Waals surface area contributed by atoms with E-state index in [1.807, 2.05) is 24.7 Å². The molecule has 0 unspecified atom stereocenters. The van der Waals surface area contributed by atoms with Gasteiger partial charge < -0.3 is 5.32 Å². The maximum atomic E-state index is 11.4. The third-order valence-electron chi connectivity index (χ3n) is 2.49. The molecule has 5 heteroatoms. The molecule has 1 amide bonds. The van der Waals surface area contributed by atoms with E-state index in [-0.39, 0.29) is 11.8 Å². The van der Waals surface area contributed by atoms with E-state index in [9.17, 15) is 4.79 Å². The van der Waals surface area contributed by atoms with Gasteiger partial charge in [-0.05, 0) is 12.3 Å². The van der Waals surface area contributed by atoms with Crippen LogP contribution in [0.25, 0.3) is 0 Å². The van der Waals surface area contributed by atoms with E-state index in [1.165, 1.54) is 0 Å². The van der Waals surface area contributed by atoms with Gasteiger partial charge in [0, 0.05) is 12.5 Å². The number of nitrogens with zero attached hydrogens (tertiary/aromatic N) is 3. The number of rotatable bonds is 6. The first kappa shape index (κ1) is 13.7. The summed E-state index contributed by atoms with van der Waals surface area (Å²) in [7, 11) is 0. The Hall–Kier alpha value is -1.39. The van der Waals surface area contributed by atoms with Gasteiger partial charge in [-0.2, -0.15) is 0 Å². The largest absolute Gasteiger partial charge is 0.350 e. The summed E-state index contributed by atoms with van der Waals surface area (Å²) in [6.45, 7) is 9.44. The van der Waals surface area contributed by atoms with Crippen molar-refractivity contribution in [2.75, 3.05) is 0 Å². The molecule has 0 aromatic carbocycles. The van der Waals surface area contributed by atoms with Crippen molar-refractivity contribution in [2.24, 2.45) is 11.8 Å². The van der Waals surface area contributed by atoms with E-state index < -0.39 is 0 Å². The number of carbonyl (C=O) groups excluding carboxylic acids is 1. The zero-order valence-corrected chi connectivity index (χ0v) is 11.1. The van der Waals surface area contributed by atoms with Gasteiger partial charge in [0.2, 0.25) is 5.91 Å². The lowest BCUT2D eigenvalue weighted by molar-refractivity contribution is -0.124. The molecule has 0 spiro atoms. The van der Waals surface area contributed by atoms with Crippen molar-refractivity contribution >= 4 is 5.91 Å². The molecule has 0 aliphatic rings. The fraction of sp³-hybridized carbons (Fsp3) is 0.750. The van der Waals surface area contributed by atoms with Gasteiger partial charge in [-0.25, -0.2) is 0 Å². The van der Waals surface area contributed by atoms with E-state index in [0.29, 0.717) is 12.5 Å². The number of hydrogen-bond donors (Lipinski definition) is 1. The number of carbonyl (C=O) groups is 1. The second kappa shape index (κ2) is 6.37. The fourth-order valence-corrected chi connectivity index (χ4v) is 1.30. The summed E-state index contributed by atoms with van der Waals surface area (Å²) in [6.07, 6.45) is 2.98. The first-order valence-electron chi connectivity index (χ1n) is 6.15. The topological polar surface area (TPSA) is 59.8 Å². The molecule has 96 valence electrons. The molecule has 1 heterocycles. The Morgan fingerprint density at radius 1 is 1.41 bits per heavy atom. The highest BCUT2D eigenvalue weighted by atomic mass is 16.1. The van der Waals surface area contributed by atoms with Gasteiger partial charge in [0.1, 0.15) is 5.69 Å². The lowest BCUT2D eigenvalue weighted by Crippen LogP contribution is -2.27. The molecule has 17 heavy (non-hydrogen) atoms. The van der Waals surface area contributed by atoms with E-state index in [4.69, 9.17) is 0 Å². The smallest absolute Gasteiger partial charge is 0.222 e. The minimum atomic E-state index is 0.00554. The molecule has 5 nitrogen and oxygen atoms in total. The minimum absolute atomic E-state index is 0.00554. The van der Waals surface area contributed by atoms with Gasteiger partial charge in [0.05, 0.1) is 12.7 Å². The maximum Gasteiger partial charge on any atom is 0.222 e. The van der Waals surface area contributed by atoms with Crippen molar-refractivity contribution in [3.63, 3.8) is 0 Å². The van der Waals surface area contributed by atoms with Crippen LogP contribution in [0.1, 0.15) is 39.8 Å². The van der Waals surface area contributed by atoms with Crippen LogP contribution >= 0.6 is 0 Å². The van der Waals surface area contributed by atoms with E-state index >= 15 is 0 Å². The number of aromatic nitrogens is 3. The molecule has 1 rings (SSSR count). The fourth-order valence-electron chi connectivity index (χ4n) is 1.30. The molecule has 0 atom stereocenters. The minimum Gasteiger partial charge on any atom is -0.350 e. The highest BCUT2D eigenvalue weighted by Crippen LogP contribution is 2.02. The predicted molar refractivity (Wildman–Crippen MR) is 66.2 cm³/mol. The van der Waals surface area contributed by atoms with Crippen molar-refractivity contribution in [1.82, 2.24) is 20.3 Å². The highest BCUT2D eigenvalue weighted by molar-refractivity contribution is 5.77. The average Bonchev–Trinajstić information content (AvgIpc) is 2.70. The summed E-state index contributed by atoms with van der Waals surface area (Å²) >= 11 is 0. The van der Waals surface area contributed by atoms with E-state index in [2.05, 4.69) is 29.5 Å². The Balaban J connectivity index is 2.38. The summed E-state index contributed by atoms with van der Waals surface area (Å²) < 4.78 is 1.83. The molecule has 0 radical (unpaired) electrons. The number of hydrogen-bond acceptors (Lipinski definition) is 3. The molecule has 0 saturated heterocycles. The normalized spacial score (nSPS) is 11.2. The van der Waals surface area contributed by atoms with Crippen molar-refractivity contribution in [3.05, 3.63) is 11.9 Å². The standard InChI is InChI=1S/C12H22N4O/c1-9(2)5-6-16-8-11(14-15-16)7-13-12(17)10(3)4/h8-10H,5-7H2,1-4H3,(H,13,17). The number of amides is 1. The van der Waals surface area contributed by atoms with Gasteiger partial charge >= 0.3 is 0 Å². The Morgan fingerprint density at radius 3 is 2.71 bits per heavy atom. The number of aryl methyl sites for hydroxylation is 1. The molecule has 0 fully saturated rings. The Morgan fingerprint density at radius 2 is 2.12 bits per heavy atom. The van der Waals surface area contributed by atoms with E-state index in [0.717, 1.165) is 18.7 Å². The van der Waals surface area contributed by atoms with Crippen molar-refractivity contribution in [3.8, 4) is 0 Å². The Labute approximate surface area is 103 Å². The average molecular weight is 238 g/mol. The lowest BCUT2D eigenvalue weighted by Gasteiger charge is -2.05. The molecule has 0 saturated carbocycles. The predicted octanol–water partition coefficient (Wildman–Crippen LogP) is 1.60. The van der Waals surface area contributed by atoms with E-state index in [1.54, 1.807) is 0 Å². The van der Waals surface area contributed by atoms with Crippen LogP contribution in [0.3, 0.4) is 0 Å². The van der Waals surface area contributed by atoms with Gasteiger partial charge in [0.15, 0.2) is 0 Å². The van der Waals surface area contributed by atoms with Crippen LogP contribution < -0.4 is 5.32 Å². The zero-order chi connectivity index (χ0) is 12.8. The summed E-state index contributed by atoms with van der Waals surface area (Å²) in [5.41, 5.74) is 0.808. The second-order valence-electron chi connectivity index (χ2n) is 5.03. The highest BCUT2D eigenvalue weighted by Gasteiger charge is 2.07. The molecular formula is C12H22N4O. The monoisotopic (exact) mass is 238 g/mol. The summed E-state index contributed by atoms with van der Waals surface area (Å²) in [5, 5.41) is 10.9. The molecule has 1 aromatic rings. The molecule has 0 aliphatic heterocycles. The second-order valence-corrected chi connectivity index (χ2v) is 5.03. The Kier molecular flexibility index (Phi) is 5.12. The summed E-state index contributed by atoms with van der Waals surface area (Å²) in [5.74, 6) is 0.705. The van der Waals surface area contributed by atoms with Crippen LogP contribution in [0.2, 0.25) is 0 Å². The zero-order valence-electron chi connectivity index (χ0n) is 11.1. The van der Waals surface area contributed by atoms with Crippen LogP contribution in [-0.4, -0.2) is 20.9 Å². The van der Waals surface area contributed by atoms with Crippen LogP contribution in [0.15, 0.2) is 6.20 Å². The maximum absolute atomic E-state index is 11.4. The third kappa shape index (κ3) is 4.97. The molecular weight excluding hydrogens is 216 g/mol. The summed E-state index contributed by atoms with van der Waals surface area (Å²) in [4.78, 5) is 11.4. The Bertz CT molecular complexity index is 357. The molecule has 0 bridgehead atoms. The van der Waals surface area contributed by atoms with Gasteiger partial charge in [0.25, 0.3) is 0 Å². The third-order valence-corrected chi connectivity index (χ3v) is 2.49. The van der Waals surface area contributed by atoms with Crippen molar-refractivity contribution in [2.45, 2.75) is 47.2 Å². The quantitative estimate of drug-likeness (QED) is 0.819. The van der Waals surface area contributed by atoms with Crippen LogP contribution in [-0.2, 0) is 17.9 Å². The molecule has 1 aromatic heterocycles.